The van der Waals surface area contributed by atoms with Gasteiger partial charge >= 0.3 is 5.97 Å². The van der Waals surface area contributed by atoms with Gasteiger partial charge in [0.25, 0.3) is 0 Å². The van der Waals surface area contributed by atoms with E-state index in [0.29, 0.717) is 24.2 Å². The lowest BCUT2D eigenvalue weighted by molar-refractivity contribution is -0.141. The number of aryl methyl sites for hydroxylation is 1. The molecule has 0 amide bonds. The van der Waals surface area contributed by atoms with Crippen LogP contribution in [-0.4, -0.2) is 53.5 Å². The van der Waals surface area contributed by atoms with E-state index in [1.54, 1.807) is 24.6 Å². The largest absolute Gasteiger partial charge is 0.497 e. The van der Waals surface area contributed by atoms with Crippen LogP contribution in [0.25, 0.3) is 10.9 Å². The minimum atomic E-state index is -1.18. The molecule has 188 valence electrons. The molecule has 0 spiro atoms. The molecule has 0 aliphatic carbocycles. The Balaban J connectivity index is 1.40. The molecule has 3 heterocycles. The lowest BCUT2D eigenvalue weighted by atomic mass is 9.71. The molecule has 0 unspecified atom stereocenters. The first-order chi connectivity index (χ1) is 16.9. The number of ether oxygens (including phenoxy) is 1. The summed E-state index contributed by atoms with van der Waals surface area (Å²) in [5.41, 5.74) is 1.83. The Labute approximate surface area is 214 Å². The summed E-state index contributed by atoms with van der Waals surface area (Å²) in [5.74, 6) is 0.902. The van der Waals surface area contributed by atoms with Crippen LogP contribution < -0.4 is 4.74 Å². The molecule has 4 rings (SSSR count). The summed E-state index contributed by atoms with van der Waals surface area (Å²) in [7, 11) is 1.60. The van der Waals surface area contributed by atoms with E-state index in [9.17, 15) is 9.90 Å². The summed E-state index contributed by atoms with van der Waals surface area (Å²) in [6.45, 7) is 4.60. The number of piperidine rings is 1. The first-order valence-corrected chi connectivity index (χ1v) is 13.9. The normalized spacial score (nSPS) is 16.9. The number of fused-ring (bicyclic) bond motifs is 1. The molecule has 1 N–H and O–H groups in total. The van der Waals surface area contributed by atoms with Crippen molar-refractivity contribution in [1.29, 1.82) is 0 Å². The third-order valence-electron chi connectivity index (χ3n) is 7.15. The number of hydrogen-bond donors (Lipinski definition) is 1. The van der Waals surface area contributed by atoms with Crippen molar-refractivity contribution in [3.63, 3.8) is 0 Å². The standard InChI is InChI=1S/C27H33FN2O3S2/c1-19-18-29-23-6-5-20(33-2)16-21(23)26(19)22(28)7-8-27(17-24(31)32)9-11-30(12-10-27)13-15-35-25-4-3-14-34-25/h3-6,14,16,18,22H,7-13,15,17H2,1-2H3,(H,31,32)/t22-/m0/s1. The number of aliphatic carboxylic acids is 1. The maximum Gasteiger partial charge on any atom is 0.303 e. The Kier molecular flexibility index (Phi) is 8.68. The molecule has 1 atom stereocenters. The molecular weight excluding hydrogens is 483 g/mol. The van der Waals surface area contributed by atoms with Gasteiger partial charge in [-0.15, -0.1) is 23.1 Å². The second-order valence-corrected chi connectivity index (χ2v) is 11.8. The Morgan fingerprint density at radius 3 is 2.83 bits per heavy atom. The highest BCUT2D eigenvalue weighted by Crippen LogP contribution is 2.43. The lowest BCUT2D eigenvalue weighted by Gasteiger charge is -2.41. The Morgan fingerprint density at radius 2 is 2.14 bits per heavy atom. The number of rotatable bonds is 11. The maximum absolute atomic E-state index is 15.8. The monoisotopic (exact) mass is 516 g/mol. The average Bonchev–Trinajstić information content (AvgIpc) is 3.36. The van der Waals surface area contributed by atoms with E-state index < -0.39 is 12.1 Å². The maximum atomic E-state index is 15.8. The molecule has 1 aliphatic heterocycles. The molecule has 35 heavy (non-hydrogen) atoms. The summed E-state index contributed by atoms with van der Waals surface area (Å²) in [6, 6.07) is 9.73. The summed E-state index contributed by atoms with van der Waals surface area (Å²) < 4.78 is 22.4. The van der Waals surface area contributed by atoms with Gasteiger partial charge in [-0.05, 0) is 91.9 Å². The number of thioether (sulfide) groups is 1. The lowest BCUT2D eigenvalue weighted by Crippen LogP contribution is -2.42. The number of likely N-dealkylation sites (tertiary alicyclic amines) is 1. The van der Waals surface area contributed by atoms with Crippen LogP contribution in [0.2, 0.25) is 0 Å². The van der Waals surface area contributed by atoms with Crippen molar-refractivity contribution in [2.75, 3.05) is 32.5 Å². The second-order valence-electron chi connectivity index (χ2n) is 9.44. The number of nitrogens with zero attached hydrogens (tertiary/aromatic N) is 2. The van der Waals surface area contributed by atoms with Gasteiger partial charge in [-0.25, -0.2) is 4.39 Å². The number of carboxylic acids is 1. The van der Waals surface area contributed by atoms with Crippen molar-refractivity contribution in [2.24, 2.45) is 5.41 Å². The number of halogens is 1. The fourth-order valence-corrected chi connectivity index (χ4v) is 6.98. The van der Waals surface area contributed by atoms with Gasteiger partial charge < -0.3 is 14.7 Å². The number of benzene rings is 1. The number of alkyl halides is 1. The summed E-state index contributed by atoms with van der Waals surface area (Å²) >= 11 is 3.63. The van der Waals surface area contributed by atoms with Gasteiger partial charge in [-0.3, -0.25) is 9.78 Å². The zero-order chi connectivity index (χ0) is 24.8. The van der Waals surface area contributed by atoms with Crippen molar-refractivity contribution in [1.82, 2.24) is 9.88 Å². The second kappa shape index (κ2) is 11.7. The Morgan fingerprint density at radius 1 is 1.34 bits per heavy atom. The summed E-state index contributed by atoms with van der Waals surface area (Å²) in [5, 5.41) is 12.5. The molecule has 1 saturated heterocycles. The zero-order valence-electron chi connectivity index (χ0n) is 20.3. The minimum absolute atomic E-state index is 0.0986. The Hall–Kier alpha value is -2.16. The van der Waals surface area contributed by atoms with Crippen molar-refractivity contribution in [3.8, 4) is 5.75 Å². The van der Waals surface area contributed by atoms with E-state index in [-0.39, 0.29) is 11.8 Å². The van der Waals surface area contributed by atoms with Gasteiger partial charge in [0, 0.05) is 23.9 Å². The van der Waals surface area contributed by atoms with Crippen LogP contribution in [0.4, 0.5) is 4.39 Å². The number of carbonyl (C=O) groups is 1. The highest BCUT2D eigenvalue weighted by molar-refractivity contribution is 8.01. The van der Waals surface area contributed by atoms with E-state index in [1.165, 1.54) is 4.21 Å². The van der Waals surface area contributed by atoms with E-state index in [2.05, 4.69) is 27.4 Å². The number of pyridine rings is 1. The SMILES string of the molecule is COc1ccc2ncc(C)c([C@@H](F)CCC3(CC(=O)O)CCN(CCSc4cccs4)CC3)c2c1. The molecule has 8 heteroatoms. The zero-order valence-corrected chi connectivity index (χ0v) is 22.0. The quantitative estimate of drug-likeness (QED) is 0.284. The average molecular weight is 517 g/mol. The van der Waals surface area contributed by atoms with Crippen LogP contribution in [0, 0.1) is 12.3 Å². The minimum Gasteiger partial charge on any atom is -0.497 e. The number of methoxy groups -OCH3 is 1. The molecule has 1 aliphatic rings. The number of carboxylic acid groups (broad SMARTS) is 1. The molecule has 1 fully saturated rings. The van der Waals surface area contributed by atoms with Crippen molar-refractivity contribution in [3.05, 3.63) is 53.0 Å². The molecular formula is C27H33FN2O3S2. The van der Waals surface area contributed by atoms with Crippen LogP contribution >= 0.6 is 23.1 Å². The van der Waals surface area contributed by atoms with Crippen LogP contribution in [0.3, 0.4) is 0 Å². The van der Waals surface area contributed by atoms with Crippen LogP contribution in [0.1, 0.15) is 49.4 Å². The van der Waals surface area contributed by atoms with Gasteiger partial charge in [0.05, 0.1) is 23.3 Å². The van der Waals surface area contributed by atoms with Gasteiger partial charge in [0.15, 0.2) is 0 Å². The molecule has 0 saturated carbocycles. The van der Waals surface area contributed by atoms with E-state index in [0.717, 1.165) is 54.7 Å². The molecule has 5 nitrogen and oxygen atoms in total. The fourth-order valence-electron chi connectivity index (χ4n) is 5.12. The first-order valence-electron chi connectivity index (χ1n) is 12.1. The fraction of sp³-hybridized carbons (Fsp3) is 0.481. The van der Waals surface area contributed by atoms with Crippen molar-refractivity contribution < 1.29 is 19.0 Å². The van der Waals surface area contributed by atoms with E-state index in [4.69, 9.17) is 4.74 Å². The van der Waals surface area contributed by atoms with Crippen molar-refractivity contribution in [2.45, 2.75) is 49.4 Å². The molecule has 2 aromatic heterocycles. The molecule has 0 radical (unpaired) electrons. The summed E-state index contributed by atoms with van der Waals surface area (Å²) in [4.78, 5) is 18.6. The first kappa shape index (κ1) is 25.9. The smallest absolute Gasteiger partial charge is 0.303 e. The van der Waals surface area contributed by atoms with Gasteiger partial charge in [-0.2, -0.15) is 0 Å². The highest BCUT2D eigenvalue weighted by atomic mass is 32.2. The predicted octanol–water partition coefficient (Wildman–Crippen LogP) is 6.75. The molecule has 0 bridgehead atoms. The molecule has 1 aromatic carbocycles. The number of thiophene rings is 1. The third kappa shape index (κ3) is 6.54. The number of aromatic nitrogens is 1. The van der Waals surface area contributed by atoms with Gasteiger partial charge in [0.1, 0.15) is 11.9 Å². The van der Waals surface area contributed by atoms with E-state index in [1.807, 2.05) is 36.9 Å². The topological polar surface area (TPSA) is 62.7 Å². The highest BCUT2D eigenvalue weighted by Gasteiger charge is 2.37. The number of hydrogen-bond acceptors (Lipinski definition) is 6. The Bertz CT molecular complexity index is 1130. The predicted molar refractivity (Wildman–Crippen MR) is 142 cm³/mol. The van der Waals surface area contributed by atoms with Gasteiger partial charge in [-0.1, -0.05) is 6.07 Å². The van der Waals surface area contributed by atoms with Crippen LogP contribution in [-0.2, 0) is 4.79 Å². The summed E-state index contributed by atoms with van der Waals surface area (Å²) in [6.07, 6.45) is 3.08. The van der Waals surface area contributed by atoms with E-state index >= 15 is 4.39 Å². The van der Waals surface area contributed by atoms with Crippen LogP contribution in [0.5, 0.6) is 5.75 Å². The van der Waals surface area contributed by atoms with Crippen LogP contribution in [0.15, 0.2) is 46.1 Å². The van der Waals surface area contributed by atoms with Gasteiger partial charge in [0.2, 0.25) is 0 Å². The molecule has 3 aromatic rings. The van der Waals surface area contributed by atoms with Crippen molar-refractivity contribution >= 4 is 40.0 Å². The third-order valence-corrected chi connectivity index (χ3v) is 9.26.